The van der Waals surface area contributed by atoms with Crippen LogP contribution in [0.15, 0.2) is 28.7 Å². The van der Waals surface area contributed by atoms with E-state index < -0.39 is 0 Å². The molecular formula is C10H9BrOS. The molecule has 1 nitrogen and oxygen atoms in total. The number of fused-ring (bicyclic) bond motifs is 1. The molecule has 0 aliphatic heterocycles. The van der Waals surface area contributed by atoms with Crippen molar-refractivity contribution in [2.75, 3.05) is 6.61 Å². The normalized spacial score (nSPS) is 10.9. The van der Waals surface area contributed by atoms with E-state index >= 15 is 0 Å². The van der Waals surface area contributed by atoms with Crippen molar-refractivity contribution >= 4 is 37.4 Å². The van der Waals surface area contributed by atoms with Crippen molar-refractivity contribution in [1.82, 2.24) is 0 Å². The number of aliphatic hydroxyl groups excluding tert-OH is 1. The SMILES string of the molecule is OCCc1cc2cccc(Br)c2s1. The molecule has 2 rings (SSSR count). The van der Waals surface area contributed by atoms with Crippen molar-refractivity contribution in [3.05, 3.63) is 33.6 Å². The van der Waals surface area contributed by atoms with Crippen LogP contribution in [0.5, 0.6) is 0 Å². The molecule has 0 aliphatic carbocycles. The number of aliphatic hydroxyl groups is 1. The molecule has 0 atom stereocenters. The lowest BCUT2D eigenvalue weighted by Crippen LogP contribution is -1.84. The summed E-state index contributed by atoms with van der Waals surface area (Å²) in [6.45, 7) is 0.227. The number of thiophene rings is 1. The van der Waals surface area contributed by atoms with Crippen molar-refractivity contribution in [2.24, 2.45) is 0 Å². The van der Waals surface area contributed by atoms with Gasteiger partial charge in [-0.1, -0.05) is 12.1 Å². The molecule has 1 N–H and O–H groups in total. The Balaban J connectivity index is 2.55. The molecule has 0 unspecified atom stereocenters. The quantitative estimate of drug-likeness (QED) is 0.875. The number of halogens is 1. The molecule has 0 bridgehead atoms. The van der Waals surface area contributed by atoms with E-state index in [1.165, 1.54) is 15.0 Å². The lowest BCUT2D eigenvalue weighted by atomic mass is 10.2. The van der Waals surface area contributed by atoms with Crippen molar-refractivity contribution in [3.63, 3.8) is 0 Å². The molecule has 1 aromatic heterocycles. The maximum Gasteiger partial charge on any atom is 0.0487 e. The lowest BCUT2D eigenvalue weighted by Gasteiger charge is -1.90. The van der Waals surface area contributed by atoms with Gasteiger partial charge in [0, 0.05) is 27.1 Å². The van der Waals surface area contributed by atoms with Gasteiger partial charge in [0.25, 0.3) is 0 Å². The van der Waals surface area contributed by atoms with E-state index in [4.69, 9.17) is 5.11 Å². The Labute approximate surface area is 89.1 Å². The summed E-state index contributed by atoms with van der Waals surface area (Å²) >= 11 is 5.25. The first-order valence-electron chi connectivity index (χ1n) is 4.09. The summed E-state index contributed by atoms with van der Waals surface area (Å²) in [5.74, 6) is 0. The second kappa shape index (κ2) is 3.78. The fourth-order valence-corrected chi connectivity index (χ4v) is 2.99. The summed E-state index contributed by atoms with van der Waals surface area (Å²) in [5.41, 5.74) is 0. The third-order valence-electron chi connectivity index (χ3n) is 1.91. The summed E-state index contributed by atoms with van der Waals surface area (Å²) in [6.07, 6.45) is 0.756. The molecule has 1 heterocycles. The number of hydrogen-bond donors (Lipinski definition) is 1. The highest BCUT2D eigenvalue weighted by Gasteiger charge is 2.03. The third-order valence-corrected chi connectivity index (χ3v) is 4.07. The van der Waals surface area contributed by atoms with Crippen molar-refractivity contribution in [1.29, 1.82) is 0 Å². The van der Waals surface area contributed by atoms with Gasteiger partial charge in [-0.05, 0) is 33.4 Å². The monoisotopic (exact) mass is 256 g/mol. The number of hydrogen-bond acceptors (Lipinski definition) is 2. The topological polar surface area (TPSA) is 20.2 Å². The van der Waals surface area contributed by atoms with Crippen LogP contribution in [0.3, 0.4) is 0 Å². The Kier molecular flexibility index (Phi) is 2.67. The molecule has 0 saturated heterocycles. The molecule has 0 radical (unpaired) electrons. The van der Waals surface area contributed by atoms with Gasteiger partial charge >= 0.3 is 0 Å². The van der Waals surface area contributed by atoms with E-state index in [0.29, 0.717) is 0 Å². The third kappa shape index (κ3) is 1.77. The Hall–Kier alpha value is -0.380. The minimum absolute atomic E-state index is 0.227. The smallest absolute Gasteiger partial charge is 0.0487 e. The molecule has 3 heteroatoms. The zero-order valence-corrected chi connectivity index (χ0v) is 9.36. The summed E-state index contributed by atoms with van der Waals surface area (Å²) in [6, 6.07) is 8.31. The summed E-state index contributed by atoms with van der Waals surface area (Å²) in [4.78, 5) is 1.24. The highest BCUT2D eigenvalue weighted by atomic mass is 79.9. The van der Waals surface area contributed by atoms with Gasteiger partial charge in [0.2, 0.25) is 0 Å². The van der Waals surface area contributed by atoms with Gasteiger partial charge < -0.3 is 5.11 Å². The van der Waals surface area contributed by atoms with Gasteiger partial charge in [-0.25, -0.2) is 0 Å². The average molecular weight is 257 g/mol. The van der Waals surface area contributed by atoms with Crippen molar-refractivity contribution in [3.8, 4) is 0 Å². The van der Waals surface area contributed by atoms with Crippen LogP contribution in [0.25, 0.3) is 10.1 Å². The van der Waals surface area contributed by atoms with E-state index in [2.05, 4.69) is 28.1 Å². The van der Waals surface area contributed by atoms with Gasteiger partial charge in [0.05, 0.1) is 0 Å². The molecule has 0 fully saturated rings. The van der Waals surface area contributed by atoms with Crippen LogP contribution in [-0.2, 0) is 6.42 Å². The zero-order valence-electron chi connectivity index (χ0n) is 6.96. The molecule has 68 valence electrons. The second-order valence-electron chi connectivity index (χ2n) is 2.84. The molecule has 1 aromatic carbocycles. The Bertz CT molecular complexity index is 422. The highest BCUT2D eigenvalue weighted by Crippen LogP contribution is 2.31. The van der Waals surface area contributed by atoms with E-state index in [1.54, 1.807) is 11.3 Å². The van der Waals surface area contributed by atoms with Gasteiger partial charge in [0.1, 0.15) is 0 Å². The van der Waals surface area contributed by atoms with Crippen LogP contribution >= 0.6 is 27.3 Å². The van der Waals surface area contributed by atoms with Gasteiger partial charge in [0.15, 0.2) is 0 Å². The molecular weight excluding hydrogens is 248 g/mol. The van der Waals surface area contributed by atoms with Crippen molar-refractivity contribution < 1.29 is 5.11 Å². The first kappa shape index (κ1) is 9.19. The average Bonchev–Trinajstić information content (AvgIpc) is 2.49. The van der Waals surface area contributed by atoms with E-state index in [0.717, 1.165) is 10.9 Å². The van der Waals surface area contributed by atoms with Crippen LogP contribution in [0.4, 0.5) is 0 Å². The number of benzene rings is 1. The standard InChI is InChI=1S/C10H9BrOS/c11-9-3-1-2-7-6-8(4-5-12)13-10(7)9/h1-3,6,12H,4-5H2. The Morgan fingerprint density at radius 2 is 2.23 bits per heavy atom. The minimum atomic E-state index is 0.227. The van der Waals surface area contributed by atoms with E-state index in [9.17, 15) is 0 Å². The van der Waals surface area contributed by atoms with Crippen LogP contribution in [0.2, 0.25) is 0 Å². The fraction of sp³-hybridized carbons (Fsp3) is 0.200. The van der Waals surface area contributed by atoms with E-state index in [-0.39, 0.29) is 6.61 Å². The predicted octanol–water partition coefficient (Wildman–Crippen LogP) is 3.20. The number of rotatable bonds is 2. The zero-order chi connectivity index (χ0) is 9.26. The van der Waals surface area contributed by atoms with Gasteiger partial charge in [-0.3, -0.25) is 0 Å². The molecule has 0 spiro atoms. The molecule has 0 aliphatic rings. The van der Waals surface area contributed by atoms with Crippen LogP contribution in [0, 0.1) is 0 Å². The first-order chi connectivity index (χ1) is 6.31. The predicted molar refractivity (Wildman–Crippen MR) is 60.3 cm³/mol. The highest BCUT2D eigenvalue weighted by molar-refractivity contribution is 9.10. The van der Waals surface area contributed by atoms with Gasteiger partial charge in [-0.15, -0.1) is 11.3 Å². The van der Waals surface area contributed by atoms with Gasteiger partial charge in [-0.2, -0.15) is 0 Å². The maximum atomic E-state index is 8.81. The lowest BCUT2D eigenvalue weighted by molar-refractivity contribution is 0.300. The Morgan fingerprint density at radius 1 is 1.38 bits per heavy atom. The van der Waals surface area contributed by atoms with Crippen LogP contribution < -0.4 is 0 Å². The molecule has 13 heavy (non-hydrogen) atoms. The molecule has 0 amide bonds. The second-order valence-corrected chi connectivity index (χ2v) is 4.84. The summed E-state index contributed by atoms with van der Waals surface area (Å²) in [7, 11) is 0. The van der Waals surface area contributed by atoms with E-state index in [1.807, 2.05) is 12.1 Å². The fourth-order valence-electron chi connectivity index (χ4n) is 1.31. The largest absolute Gasteiger partial charge is 0.396 e. The van der Waals surface area contributed by atoms with Crippen LogP contribution in [-0.4, -0.2) is 11.7 Å². The summed E-state index contributed by atoms with van der Waals surface area (Å²) < 4.78 is 2.41. The Morgan fingerprint density at radius 3 is 2.92 bits per heavy atom. The minimum Gasteiger partial charge on any atom is -0.396 e. The maximum absolute atomic E-state index is 8.81. The summed E-state index contributed by atoms with van der Waals surface area (Å²) in [5, 5.41) is 10.1. The molecule has 2 aromatic rings. The first-order valence-corrected chi connectivity index (χ1v) is 5.70. The molecule has 0 saturated carbocycles. The van der Waals surface area contributed by atoms with Crippen LogP contribution in [0.1, 0.15) is 4.88 Å². The van der Waals surface area contributed by atoms with Crippen molar-refractivity contribution in [2.45, 2.75) is 6.42 Å².